The van der Waals surface area contributed by atoms with Crippen molar-refractivity contribution >= 4 is 30.1 Å². The van der Waals surface area contributed by atoms with Crippen molar-refractivity contribution in [1.82, 2.24) is 10.6 Å². The Kier molecular flexibility index (Phi) is 7.11. The molecule has 134 valence electrons. The van der Waals surface area contributed by atoms with E-state index >= 15 is 0 Å². The molecule has 0 radical (unpaired) electrons. The van der Waals surface area contributed by atoms with E-state index in [-0.39, 0.29) is 36.1 Å². The van der Waals surface area contributed by atoms with Gasteiger partial charge in [0.1, 0.15) is 5.75 Å². The molecular formula is C18H20ClFN2O2S. The van der Waals surface area contributed by atoms with Crippen molar-refractivity contribution in [3.63, 3.8) is 0 Å². The monoisotopic (exact) mass is 382 g/mol. The van der Waals surface area contributed by atoms with Crippen molar-refractivity contribution in [3.8, 4) is 11.5 Å². The van der Waals surface area contributed by atoms with Crippen LogP contribution < -0.4 is 15.4 Å². The van der Waals surface area contributed by atoms with E-state index < -0.39 is 5.82 Å². The topological polar surface area (TPSA) is 50.4 Å². The van der Waals surface area contributed by atoms with E-state index in [1.807, 2.05) is 25.1 Å². The largest absolute Gasteiger partial charge is 0.454 e. The second kappa shape index (κ2) is 9.08. The molecule has 0 aliphatic carbocycles. The van der Waals surface area contributed by atoms with Crippen LogP contribution in [0.15, 0.2) is 48.5 Å². The number of para-hydroxylation sites is 1. The Morgan fingerprint density at radius 2 is 2.08 bits per heavy atom. The van der Waals surface area contributed by atoms with Gasteiger partial charge in [0, 0.05) is 11.6 Å². The van der Waals surface area contributed by atoms with Gasteiger partial charge in [-0.2, -0.15) is 0 Å². The van der Waals surface area contributed by atoms with E-state index in [0.29, 0.717) is 11.3 Å². The summed E-state index contributed by atoms with van der Waals surface area (Å²) in [6, 6.07) is 13.4. The summed E-state index contributed by atoms with van der Waals surface area (Å²) in [5, 5.41) is 6.03. The average molecular weight is 383 g/mol. The molecule has 1 amide bonds. The van der Waals surface area contributed by atoms with Crippen LogP contribution in [0, 0.1) is 5.82 Å². The molecule has 1 saturated heterocycles. The molecule has 7 heteroatoms. The Morgan fingerprint density at radius 3 is 2.72 bits per heavy atom. The summed E-state index contributed by atoms with van der Waals surface area (Å²) in [4.78, 5) is 12.1. The molecule has 1 fully saturated rings. The summed E-state index contributed by atoms with van der Waals surface area (Å²) in [6.07, 6.45) is 0. The fourth-order valence-electron chi connectivity index (χ4n) is 2.45. The van der Waals surface area contributed by atoms with Gasteiger partial charge in [0.2, 0.25) is 5.91 Å². The lowest BCUT2D eigenvalue weighted by molar-refractivity contribution is -0.123. The summed E-state index contributed by atoms with van der Waals surface area (Å²) in [7, 11) is 0. The van der Waals surface area contributed by atoms with Crippen LogP contribution in [0.3, 0.4) is 0 Å². The van der Waals surface area contributed by atoms with Crippen molar-refractivity contribution in [2.24, 2.45) is 0 Å². The van der Waals surface area contributed by atoms with Gasteiger partial charge < -0.3 is 10.1 Å². The van der Waals surface area contributed by atoms with E-state index in [1.165, 1.54) is 6.07 Å². The Bertz CT molecular complexity index is 711. The normalized spacial score (nSPS) is 17.4. The SMILES string of the molecule is CC(NC(=O)C1CSCN1)c1ccc(Oc2ccccc2)c(F)c1.Cl. The van der Waals surface area contributed by atoms with E-state index in [2.05, 4.69) is 10.6 Å². The highest BCUT2D eigenvalue weighted by molar-refractivity contribution is 7.99. The molecule has 0 bridgehead atoms. The van der Waals surface area contributed by atoms with Crippen LogP contribution in [-0.2, 0) is 4.79 Å². The lowest BCUT2D eigenvalue weighted by Crippen LogP contribution is -2.42. The molecule has 2 N–H and O–H groups in total. The zero-order valence-corrected chi connectivity index (χ0v) is 15.3. The fourth-order valence-corrected chi connectivity index (χ4v) is 3.39. The first-order chi connectivity index (χ1) is 11.6. The van der Waals surface area contributed by atoms with Crippen molar-refractivity contribution in [2.45, 2.75) is 19.0 Å². The van der Waals surface area contributed by atoms with Crippen LogP contribution in [0.1, 0.15) is 18.5 Å². The van der Waals surface area contributed by atoms with Crippen LogP contribution in [0.4, 0.5) is 4.39 Å². The van der Waals surface area contributed by atoms with E-state index in [9.17, 15) is 9.18 Å². The Balaban J connectivity index is 0.00000225. The smallest absolute Gasteiger partial charge is 0.238 e. The Hall–Kier alpha value is -1.76. The van der Waals surface area contributed by atoms with Crippen LogP contribution in [0.25, 0.3) is 0 Å². The third-order valence-electron chi connectivity index (χ3n) is 3.82. The summed E-state index contributed by atoms with van der Waals surface area (Å²) < 4.78 is 19.8. The highest BCUT2D eigenvalue weighted by Gasteiger charge is 2.24. The minimum Gasteiger partial charge on any atom is -0.454 e. The number of amides is 1. The fraction of sp³-hybridized carbons (Fsp3) is 0.278. The molecule has 25 heavy (non-hydrogen) atoms. The van der Waals surface area contributed by atoms with Gasteiger partial charge in [0.25, 0.3) is 0 Å². The maximum Gasteiger partial charge on any atom is 0.238 e. The van der Waals surface area contributed by atoms with Gasteiger partial charge in [-0.25, -0.2) is 4.39 Å². The summed E-state index contributed by atoms with van der Waals surface area (Å²) >= 11 is 1.69. The Labute approximate surface area is 156 Å². The van der Waals surface area contributed by atoms with Crippen LogP contribution in [-0.4, -0.2) is 23.6 Å². The molecule has 2 atom stereocenters. The molecule has 1 heterocycles. The van der Waals surface area contributed by atoms with Crippen molar-refractivity contribution in [3.05, 3.63) is 59.9 Å². The third kappa shape index (κ3) is 5.11. The quantitative estimate of drug-likeness (QED) is 0.824. The second-order valence-corrected chi connectivity index (χ2v) is 6.64. The lowest BCUT2D eigenvalue weighted by Gasteiger charge is -2.18. The van der Waals surface area contributed by atoms with Crippen molar-refractivity contribution < 1.29 is 13.9 Å². The van der Waals surface area contributed by atoms with Gasteiger partial charge in [-0.15, -0.1) is 24.2 Å². The van der Waals surface area contributed by atoms with Gasteiger partial charge in [0.05, 0.1) is 12.1 Å². The molecule has 2 aromatic carbocycles. The Morgan fingerprint density at radius 1 is 1.32 bits per heavy atom. The second-order valence-electron chi connectivity index (χ2n) is 5.61. The van der Waals surface area contributed by atoms with Gasteiger partial charge in [-0.05, 0) is 36.8 Å². The van der Waals surface area contributed by atoms with Crippen LogP contribution >= 0.6 is 24.2 Å². The number of halogens is 2. The molecule has 2 unspecified atom stereocenters. The zero-order valence-electron chi connectivity index (χ0n) is 13.7. The molecule has 0 saturated carbocycles. The molecular weight excluding hydrogens is 363 g/mol. The molecule has 1 aliphatic rings. The number of nitrogens with one attached hydrogen (secondary N) is 2. The molecule has 0 aromatic heterocycles. The predicted molar refractivity (Wildman–Crippen MR) is 101 cm³/mol. The highest BCUT2D eigenvalue weighted by atomic mass is 35.5. The standard InChI is InChI=1S/C18H19FN2O2S.ClH/c1-12(21-18(22)16-10-24-11-20-16)13-7-8-17(15(19)9-13)23-14-5-3-2-4-6-14;/h2-9,12,16,20H,10-11H2,1H3,(H,21,22);1H. The van der Waals surface area contributed by atoms with Crippen molar-refractivity contribution in [2.75, 3.05) is 11.6 Å². The number of benzene rings is 2. The number of carbonyl (C=O) groups is 1. The van der Waals surface area contributed by atoms with Gasteiger partial charge in [-0.3, -0.25) is 10.1 Å². The predicted octanol–water partition coefficient (Wildman–Crippen LogP) is 3.88. The lowest BCUT2D eigenvalue weighted by atomic mass is 10.1. The zero-order chi connectivity index (χ0) is 16.9. The van der Waals surface area contributed by atoms with E-state index in [4.69, 9.17) is 4.74 Å². The molecule has 4 nitrogen and oxygen atoms in total. The minimum atomic E-state index is -0.452. The summed E-state index contributed by atoms with van der Waals surface area (Å²) in [6.45, 7) is 1.84. The molecule has 2 aromatic rings. The maximum atomic E-state index is 14.3. The minimum absolute atomic E-state index is 0. The average Bonchev–Trinajstić information content (AvgIpc) is 3.12. The maximum absolute atomic E-state index is 14.3. The van der Waals surface area contributed by atoms with Crippen LogP contribution in [0.5, 0.6) is 11.5 Å². The number of rotatable bonds is 5. The first-order valence-electron chi connectivity index (χ1n) is 7.77. The van der Waals surface area contributed by atoms with Crippen molar-refractivity contribution in [1.29, 1.82) is 0 Å². The number of thioether (sulfide) groups is 1. The number of hydrogen-bond donors (Lipinski definition) is 2. The van der Waals surface area contributed by atoms with Gasteiger partial charge in [0.15, 0.2) is 11.6 Å². The first kappa shape index (κ1) is 19.6. The molecule has 0 spiro atoms. The first-order valence-corrected chi connectivity index (χ1v) is 8.93. The summed E-state index contributed by atoms with van der Waals surface area (Å²) in [5.74, 6) is 1.78. The van der Waals surface area contributed by atoms with E-state index in [1.54, 1.807) is 36.0 Å². The highest BCUT2D eigenvalue weighted by Crippen LogP contribution is 2.27. The third-order valence-corrected chi connectivity index (χ3v) is 4.76. The van der Waals surface area contributed by atoms with Crippen LogP contribution in [0.2, 0.25) is 0 Å². The molecule has 3 rings (SSSR count). The number of hydrogen-bond acceptors (Lipinski definition) is 4. The summed E-state index contributed by atoms with van der Waals surface area (Å²) in [5.41, 5.74) is 0.701. The van der Waals surface area contributed by atoms with Gasteiger partial charge in [-0.1, -0.05) is 24.3 Å². The van der Waals surface area contributed by atoms with E-state index in [0.717, 1.165) is 11.6 Å². The number of carbonyl (C=O) groups excluding carboxylic acids is 1. The number of ether oxygens (including phenoxy) is 1. The molecule has 1 aliphatic heterocycles. The van der Waals surface area contributed by atoms with Gasteiger partial charge >= 0.3 is 0 Å².